The summed E-state index contributed by atoms with van der Waals surface area (Å²) in [5.74, 6) is 1.11. The van der Waals surface area contributed by atoms with E-state index >= 15 is 0 Å². The van der Waals surface area contributed by atoms with Gasteiger partial charge in [0.05, 0.1) is 30.0 Å². The van der Waals surface area contributed by atoms with Gasteiger partial charge in [0, 0.05) is 12.7 Å². The van der Waals surface area contributed by atoms with Gasteiger partial charge in [0.1, 0.15) is 18.0 Å². The Balaban J connectivity index is 1.60. The molecule has 1 aliphatic heterocycles. The zero-order chi connectivity index (χ0) is 15.1. The van der Waals surface area contributed by atoms with E-state index in [0.717, 1.165) is 43.1 Å². The van der Waals surface area contributed by atoms with Crippen molar-refractivity contribution >= 4 is 5.82 Å². The molecule has 1 N–H and O–H groups in total. The van der Waals surface area contributed by atoms with E-state index in [0.29, 0.717) is 18.0 Å². The predicted octanol–water partition coefficient (Wildman–Crippen LogP) is 1.61. The van der Waals surface area contributed by atoms with Gasteiger partial charge in [-0.25, -0.2) is 4.98 Å². The first-order valence-electron chi connectivity index (χ1n) is 7.61. The zero-order valence-corrected chi connectivity index (χ0v) is 12.2. The molecule has 1 saturated carbocycles. The number of pyridine rings is 1. The summed E-state index contributed by atoms with van der Waals surface area (Å²) in [7, 11) is 0. The van der Waals surface area contributed by atoms with Gasteiger partial charge in [0.25, 0.3) is 0 Å². The maximum absolute atomic E-state index is 10.2. The van der Waals surface area contributed by atoms with Gasteiger partial charge < -0.3 is 10.0 Å². The monoisotopic (exact) mass is 295 g/mol. The van der Waals surface area contributed by atoms with Crippen LogP contribution >= 0.6 is 0 Å². The van der Waals surface area contributed by atoms with Gasteiger partial charge in [-0.05, 0) is 37.0 Å². The Morgan fingerprint density at radius 2 is 2.23 bits per heavy atom. The first-order valence-corrected chi connectivity index (χ1v) is 7.61. The van der Waals surface area contributed by atoms with E-state index in [1.54, 1.807) is 18.3 Å². The molecule has 4 rings (SSSR count). The summed E-state index contributed by atoms with van der Waals surface area (Å²) in [6.07, 6.45) is 3.46. The van der Waals surface area contributed by atoms with Crippen molar-refractivity contribution in [1.29, 1.82) is 5.26 Å². The van der Waals surface area contributed by atoms with Gasteiger partial charge in [-0.15, -0.1) is 0 Å². The quantitative estimate of drug-likeness (QED) is 0.931. The molecule has 6 heteroatoms. The third-order valence-corrected chi connectivity index (χ3v) is 4.40. The van der Waals surface area contributed by atoms with Crippen LogP contribution in [0.5, 0.6) is 0 Å². The van der Waals surface area contributed by atoms with Crippen molar-refractivity contribution in [3.63, 3.8) is 0 Å². The van der Waals surface area contributed by atoms with Gasteiger partial charge in [-0.1, -0.05) is 0 Å². The van der Waals surface area contributed by atoms with E-state index in [9.17, 15) is 10.4 Å². The molecule has 1 atom stereocenters. The molecule has 0 aromatic carbocycles. The third kappa shape index (κ3) is 2.24. The lowest BCUT2D eigenvalue weighted by molar-refractivity contribution is 0.148. The number of rotatable bonds is 3. The van der Waals surface area contributed by atoms with Gasteiger partial charge in [0.2, 0.25) is 0 Å². The Morgan fingerprint density at radius 3 is 3.00 bits per heavy atom. The number of nitriles is 1. The van der Waals surface area contributed by atoms with E-state index < -0.39 is 6.10 Å². The van der Waals surface area contributed by atoms with Crippen LogP contribution in [0.15, 0.2) is 24.4 Å². The summed E-state index contributed by atoms with van der Waals surface area (Å²) >= 11 is 0. The molecule has 0 unspecified atom stereocenters. The van der Waals surface area contributed by atoms with Crippen molar-refractivity contribution in [2.75, 3.05) is 11.4 Å². The summed E-state index contributed by atoms with van der Waals surface area (Å²) < 4.78 is 1.96. The molecule has 3 heterocycles. The van der Waals surface area contributed by atoms with Crippen molar-refractivity contribution in [3.8, 4) is 6.07 Å². The van der Waals surface area contributed by atoms with Crippen molar-refractivity contribution < 1.29 is 5.11 Å². The smallest absolute Gasteiger partial charge is 0.146 e. The molecule has 0 saturated heterocycles. The average Bonchev–Trinajstić information content (AvgIpc) is 3.32. The first-order chi connectivity index (χ1) is 10.8. The van der Waals surface area contributed by atoms with Crippen molar-refractivity contribution in [1.82, 2.24) is 14.8 Å². The molecular formula is C16H17N5O. The molecule has 6 nitrogen and oxygen atoms in total. The number of hydrogen-bond acceptors (Lipinski definition) is 5. The summed E-state index contributed by atoms with van der Waals surface area (Å²) in [4.78, 5) is 6.45. The molecular weight excluding hydrogens is 278 g/mol. The highest BCUT2D eigenvalue weighted by Crippen LogP contribution is 2.40. The van der Waals surface area contributed by atoms with Crippen molar-refractivity contribution in [3.05, 3.63) is 41.3 Å². The Kier molecular flexibility index (Phi) is 3.09. The van der Waals surface area contributed by atoms with Gasteiger partial charge in [0.15, 0.2) is 0 Å². The highest BCUT2D eigenvalue weighted by Gasteiger charge is 2.33. The topological polar surface area (TPSA) is 78.0 Å². The summed E-state index contributed by atoms with van der Waals surface area (Å²) in [6, 6.07) is 7.75. The van der Waals surface area contributed by atoms with Crippen LogP contribution in [-0.2, 0) is 13.1 Å². The van der Waals surface area contributed by atoms with Gasteiger partial charge in [-0.3, -0.25) is 4.68 Å². The minimum Gasteiger partial charge on any atom is -0.386 e. The number of aliphatic hydroxyl groups excluding tert-OH is 1. The van der Waals surface area contributed by atoms with E-state index in [-0.39, 0.29) is 0 Å². The predicted molar refractivity (Wildman–Crippen MR) is 79.9 cm³/mol. The van der Waals surface area contributed by atoms with Crippen LogP contribution in [0, 0.1) is 17.2 Å². The fourth-order valence-electron chi connectivity index (χ4n) is 3.00. The second kappa shape index (κ2) is 5.11. The molecule has 1 fully saturated rings. The molecule has 22 heavy (non-hydrogen) atoms. The number of aliphatic hydroxyl groups is 1. The van der Waals surface area contributed by atoms with Crippen LogP contribution in [0.1, 0.15) is 35.9 Å². The number of hydrogen-bond donors (Lipinski definition) is 1. The zero-order valence-electron chi connectivity index (χ0n) is 12.2. The molecule has 0 amide bonds. The molecule has 2 aromatic heterocycles. The fourth-order valence-corrected chi connectivity index (χ4v) is 3.00. The lowest BCUT2D eigenvalue weighted by Crippen LogP contribution is -2.34. The first kappa shape index (κ1) is 13.3. The Hall–Kier alpha value is -2.39. The molecule has 0 spiro atoms. The number of nitrogens with zero attached hydrogens (tertiary/aromatic N) is 5. The average molecular weight is 295 g/mol. The lowest BCUT2D eigenvalue weighted by Gasteiger charge is -2.29. The van der Waals surface area contributed by atoms with Gasteiger partial charge in [-0.2, -0.15) is 10.4 Å². The van der Waals surface area contributed by atoms with Crippen LogP contribution in [0.4, 0.5) is 5.82 Å². The van der Waals surface area contributed by atoms with Crippen LogP contribution < -0.4 is 4.90 Å². The Morgan fingerprint density at radius 1 is 1.36 bits per heavy atom. The van der Waals surface area contributed by atoms with E-state index in [1.165, 1.54) is 0 Å². The SMILES string of the molecule is N#Cc1cccnc1N1CCn2nc([C@@H](O)C3CC3)cc2C1. The Bertz CT molecular complexity index is 743. The summed E-state index contributed by atoms with van der Waals surface area (Å²) in [6.45, 7) is 2.17. The minimum atomic E-state index is -0.434. The highest BCUT2D eigenvalue weighted by molar-refractivity contribution is 5.53. The lowest BCUT2D eigenvalue weighted by atomic mass is 10.1. The minimum absolute atomic E-state index is 0.383. The fraction of sp³-hybridized carbons (Fsp3) is 0.438. The maximum Gasteiger partial charge on any atom is 0.146 e. The van der Waals surface area contributed by atoms with Crippen LogP contribution in [-0.4, -0.2) is 26.4 Å². The van der Waals surface area contributed by atoms with Gasteiger partial charge >= 0.3 is 0 Å². The number of anilines is 1. The number of fused-ring (bicyclic) bond motifs is 1. The summed E-state index contributed by atoms with van der Waals surface area (Å²) in [5, 5.41) is 24.0. The molecule has 2 aliphatic rings. The molecule has 2 aromatic rings. The molecule has 1 aliphatic carbocycles. The molecule has 0 radical (unpaired) electrons. The van der Waals surface area contributed by atoms with E-state index in [1.807, 2.05) is 10.7 Å². The second-order valence-electron chi connectivity index (χ2n) is 5.97. The highest BCUT2D eigenvalue weighted by atomic mass is 16.3. The van der Waals surface area contributed by atoms with Crippen LogP contribution in [0.2, 0.25) is 0 Å². The number of aromatic nitrogens is 3. The van der Waals surface area contributed by atoms with E-state index in [2.05, 4.69) is 21.1 Å². The third-order valence-electron chi connectivity index (χ3n) is 4.40. The normalized spacial score (nSPS) is 18.6. The van der Waals surface area contributed by atoms with Crippen LogP contribution in [0.25, 0.3) is 0 Å². The van der Waals surface area contributed by atoms with E-state index in [4.69, 9.17) is 0 Å². The maximum atomic E-state index is 10.2. The molecule has 0 bridgehead atoms. The summed E-state index contributed by atoms with van der Waals surface area (Å²) in [5.41, 5.74) is 2.44. The van der Waals surface area contributed by atoms with Crippen molar-refractivity contribution in [2.24, 2.45) is 5.92 Å². The second-order valence-corrected chi connectivity index (χ2v) is 5.97. The van der Waals surface area contributed by atoms with Crippen LogP contribution in [0.3, 0.4) is 0 Å². The Labute approximate surface area is 128 Å². The standard InChI is InChI=1S/C16H17N5O/c17-9-12-2-1-5-18-16(12)20-6-7-21-13(10-20)8-14(19-21)15(22)11-3-4-11/h1-2,5,8,11,15,22H,3-4,6-7,10H2/t15-/m0/s1. The molecule has 112 valence electrons. The van der Waals surface area contributed by atoms with Crippen molar-refractivity contribution in [2.45, 2.75) is 32.0 Å². The largest absolute Gasteiger partial charge is 0.386 e.